The molecule has 0 bridgehead atoms. The molecule has 0 aliphatic carbocycles. The molecular formula is C27H29N3O5S2. The Morgan fingerprint density at radius 3 is 2.46 bits per heavy atom. The van der Waals surface area contributed by atoms with Crippen molar-refractivity contribution in [3.05, 3.63) is 75.7 Å². The number of hydrogen-bond donors (Lipinski definition) is 1. The van der Waals surface area contributed by atoms with Crippen LogP contribution in [0.1, 0.15) is 50.6 Å². The monoisotopic (exact) mass is 539 g/mol. The highest BCUT2D eigenvalue weighted by Gasteiger charge is 2.32. The first kappa shape index (κ1) is 25.4. The minimum atomic E-state index is -3.75. The molecule has 2 aromatic carbocycles. The van der Waals surface area contributed by atoms with E-state index in [9.17, 15) is 18.0 Å². The lowest BCUT2D eigenvalue weighted by Gasteiger charge is -2.30. The number of nitrogens with one attached hydrogen (secondary N) is 1. The zero-order chi connectivity index (χ0) is 26.3. The predicted octanol–water partition coefficient (Wildman–Crippen LogP) is 4.30. The number of ether oxygens (including phenoxy) is 1. The lowest BCUT2D eigenvalue weighted by molar-refractivity contribution is 0.0600. The van der Waals surface area contributed by atoms with Gasteiger partial charge < -0.3 is 10.1 Å². The molecule has 3 aromatic rings. The maximum Gasteiger partial charge on any atom is 0.341 e. The van der Waals surface area contributed by atoms with E-state index in [4.69, 9.17) is 4.74 Å². The number of carbonyl (C=O) groups is 2. The normalized spacial score (nSPS) is 15.4. The minimum Gasteiger partial charge on any atom is -0.465 e. The molecule has 1 N–H and O–H groups in total. The summed E-state index contributed by atoms with van der Waals surface area (Å²) < 4.78 is 33.0. The molecule has 5 rings (SSSR count). The van der Waals surface area contributed by atoms with Gasteiger partial charge in [-0.1, -0.05) is 18.2 Å². The summed E-state index contributed by atoms with van der Waals surface area (Å²) >= 11 is 1.39. The maximum absolute atomic E-state index is 13.3. The molecule has 0 saturated carbocycles. The second-order valence-corrected chi connectivity index (χ2v) is 12.4. The van der Waals surface area contributed by atoms with Crippen molar-refractivity contribution in [2.45, 2.75) is 44.2 Å². The highest BCUT2D eigenvalue weighted by Crippen LogP contribution is 2.38. The smallest absolute Gasteiger partial charge is 0.341 e. The van der Waals surface area contributed by atoms with E-state index < -0.39 is 21.9 Å². The molecule has 37 heavy (non-hydrogen) atoms. The number of amides is 1. The Morgan fingerprint density at radius 1 is 1.03 bits per heavy atom. The van der Waals surface area contributed by atoms with Gasteiger partial charge in [-0.05, 0) is 68.1 Å². The average Bonchev–Trinajstić information content (AvgIpc) is 3.49. The second kappa shape index (κ2) is 9.92. The number of esters is 1. The Kier molecular flexibility index (Phi) is 6.82. The van der Waals surface area contributed by atoms with Crippen LogP contribution in [0.15, 0.2) is 53.4 Å². The maximum atomic E-state index is 13.3. The molecule has 0 spiro atoms. The number of rotatable bonds is 6. The molecule has 8 nitrogen and oxygen atoms in total. The second-order valence-electron chi connectivity index (χ2n) is 9.45. The van der Waals surface area contributed by atoms with Gasteiger partial charge in [0.2, 0.25) is 0 Å². The zero-order valence-electron chi connectivity index (χ0n) is 21.0. The molecule has 1 amide bonds. The van der Waals surface area contributed by atoms with Crippen molar-refractivity contribution in [3.8, 4) is 0 Å². The fourth-order valence-corrected chi connectivity index (χ4v) is 7.67. The van der Waals surface area contributed by atoms with Crippen LogP contribution in [0.2, 0.25) is 0 Å². The highest BCUT2D eigenvalue weighted by molar-refractivity contribution is 7.92. The lowest BCUT2D eigenvalue weighted by Crippen LogP contribution is -2.35. The number of fused-ring (bicyclic) bond motifs is 2. The van der Waals surface area contributed by atoms with Crippen molar-refractivity contribution < 1.29 is 22.7 Å². The first-order chi connectivity index (χ1) is 17.7. The van der Waals surface area contributed by atoms with Crippen molar-refractivity contribution in [2.24, 2.45) is 0 Å². The molecule has 0 fully saturated rings. The van der Waals surface area contributed by atoms with Gasteiger partial charge in [0.05, 0.1) is 23.3 Å². The van der Waals surface area contributed by atoms with Crippen molar-refractivity contribution >= 4 is 43.9 Å². The van der Waals surface area contributed by atoms with Crippen LogP contribution in [0.3, 0.4) is 0 Å². The summed E-state index contributed by atoms with van der Waals surface area (Å²) in [5, 5.41) is 3.33. The Morgan fingerprint density at radius 2 is 1.76 bits per heavy atom. The standard InChI is InChI=1S/C27H29N3O5S2/c1-17(2)29-14-13-21-23(16-29)36-26(24(21)27(32)35-3)28-25(31)19-8-10-20(11-9-19)37(33,34)30-15-12-18-6-4-5-7-22(18)30/h4-11,17H,12-16H2,1-3H3,(H,28,31). The first-order valence-electron chi connectivity index (χ1n) is 12.2. The summed E-state index contributed by atoms with van der Waals surface area (Å²) in [6, 6.07) is 13.7. The Balaban J connectivity index is 1.38. The van der Waals surface area contributed by atoms with E-state index in [1.54, 1.807) is 0 Å². The van der Waals surface area contributed by atoms with Crippen LogP contribution in [0, 0.1) is 0 Å². The largest absolute Gasteiger partial charge is 0.465 e. The minimum absolute atomic E-state index is 0.122. The Hall–Kier alpha value is -3.21. The number of benzene rings is 2. The van der Waals surface area contributed by atoms with E-state index in [0.717, 1.165) is 22.5 Å². The summed E-state index contributed by atoms with van der Waals surface area (Å²) in [6.45, 7) is 6.20. The molecular weight excluding hydrogens is 510 g/mol. The van der Waals surface area contributed by atoms with Gasteiger partial charge in [-0.3, -0.25) is 14.0 Å². The van der Waals surface area contributed by atoms with Gasteiger partial charge in [0.15, 0.2) is 0 Å². The van der Waals surface area contributed by atoms with Crippen LogP contribution >= 0.6 is 11.3 Å². The number of carbonyl (C=O) groups excluding carboxylic acids is 2. The van der Waals surface area contributed by atoms with E-state index in [1.165, 1.54) is 47.0 Å². The third kappa shape index (κ3) is 4.65. The number of methoxy groups -OCH3 is 1. The van der Waals surface area contributed by atoms with Crippen molar-refractivity contribution in [1.82, 2.24) is 4.90 Å². The van der Waals surface area contributed by atoms with Crippen LogP contribution in [0.25, 0.3) is 0 Å². The van der Waals surface area contributed by atoms with Crippen molar-refractivity contribution in [1.29, 1.82) is 0 Å². The van der Waals surface area contributed by atoms with Gasteiger partial charge in [-0.15, -0.1) is 11.3 Å². The first-order valence-corrected chi connectivity index (χ1v) is 14.5. The summed E-state index contributed by atoms with van der Waals surface area (Å²) in [5.74, 6) is -0.891. The van der Waals surface area contributed by atoms with Gasteiger partial charge in [-0.25, -0.2) is 13.2 Å². The van der Waals surface area contributed by atoms with Crippen molar-refractivity contribution in [3.63, 3.8) is 0 Å². The molecule has 2 aliphatic rings. The number of nitrogens with zero attached hydrogens (tertiary/aromatic N) is 2. The Bertz CT molecular complexity index is 1460. The molecule has 0 unspecified atom stereocenters. The fourth-order valence-electron chi connectivity index (χ4n) is 4.91. The zero-order valence-corrected chi connectivity index (χ0v) is 22.6. The van der Waals surface area contributed by atoms with Crippen LogP contribution in [-0.4, -0.2) is 51.4 Å². The lowest BCUT2D eigenvalue weighted by atomic mass is 10.0. The molecule has 0 atom stereocenters. The third-order valence-electron chi connectivity index (χ3n) is 6.98. The topological polar surface area (TPSA) is 96.0 Å². The van der Waals surface area contributed by atoms with E-state index >= 15 is 0 Å². The van der Waals surface area contributed by atoms with Gasteiger partial charge in [0.1, 0.15) is 5.00 Å². The van der Waals surface area contributed by atoms with Gasteiger partial charge in [0.25, 0.3) is 15.9 Å². The fraction of sp³-hybridized carbons (Fsp3) is 0.333. The quantitative estimate of drug-likeness (QED) is 0.469. The average molecular weight is 540 g/mol. The van der Waals surface area contributed by atoms with E-state index in [1.807, 2.05) is 24.3 Å². The summed E-state index contributed by atoms with van der Waals surface area (Å²) in [5.41, 5.74) is 3.32. The van der Waals surface area contributed by atoms with Crippen LogP contribution in [0.4, 0.5) is 10.7 Å². The molecule has 2 aliphatic heterocycles. The number of thiophene rings is 1. The molecule has 10 heteroatoms. The highest BCUT2D eigenvalue weighted by atomic mass is 32.2. The number of hydrogen-bond acceptors (Lipinski definition) is 7. The van der Waals surface area contributed by atoms with Gasteiger partial charge in [0, 0.05) is 36.1 Å². The summed E-state index contributed by atoms with van der Waals surface area (Å²) in [4.78, 5) is 29.2. The van der Waals surface area contributed by atoms with Crippen LogP contribution < -0.4 is 9.62 Å². The van der Waals surface area contributed by atoms with E-state index in [2.05, 4.69) is 24.1 Å². The summed E-state index contributed by atoms with van der Waals surface area (Å²) in [7, 11) is -2.42. The Labute approximate surface area is 220 Å². The molecule has 0 saturated heterocycles. The van der Waals surface area contributed by atoms with Gasteiger partial charge >= 0.3 is 5.97 Å². The molecule has 3 heterocycles. The number of anilines is 2. The van der Waals surface area contributed by atoms with Crippen LogP contribution in [-0.2, 0) is 34.1 Å². The molecule has 0 radical (unpaired) electrons. The number of sulfonamides is 1. The summed E-state index contributed by atoms with van der Waals surface area (Å²) in [6.07, 6.45) is 1.37. The van der Waals surface area contributed by atoms with Gasteiger partial charge in [-0.2, -0.15) is 0 Å². The predicted molar refractivity (Wildman–Crippen MR) is 144 cm³/mol. The third-order valence-corrected chi connectivity index (χ3v) is 9.94. The van der Waals surface area contributed by atoms with Crippen LogP contribution in [0.5, 0.6) is 0 Å². The molecule has 194 valence electrons. The SMILES string of the molecule is COC(=O)c1c(NC(=O)c2ccc(S(=O)(=O)N3CCc4ccccc43)cc2)sc2c1CCN(C(C)C)C2. The van der Waals surface area contributed by atoms with Crippen molar-refractivity contribution in [2.75, 3.05) is 29.8 Å². The molecule has 1 aromatic heterocycles. The number of para-hydroxylation sites is 1. The van der Waals surface area contributed by atoms with E-state index in [0.29, 0.717) is 53.8 Å². The van der Waals surface area contributed by atoms with E-state index in [-0.39, 0.29) is 4.90 Å².